The summed E-state index contributed by atoms with van der Waals surface area (Å²) in [5.41, 5.74) is 0.937. The van der Waals surface area contributed by atoms with Gasteiger partial charge in [-0.3, -0.25) is 4.79 Å². The zero-order chi connectivity index (χ0) is 14.5. The molecule has 5 heteroatoms. The average molecular weight is 277 g/mol. The minimum atomic E-state index is -0.891. The maximum absolute atomic E-state index is 13.4. The van der Waals surface area contributed by atoms with Crippen LogP contribution in [0.5, 0.6) is 0 Å². The number of amides is 1. The minimum absolute atomic E-state index is 0.0624. The van der Waals surface area contributed by atoms with Crippen LogP contribution < -0.4 is 5.32 Å². The first-order chi connectivity index (χ1) is 9.61. The standard InChI is InChI=1S/C15H13F2NO2/c16-12-2-1-3-13(17)14(12)15(20)18-8-10-4-6-11(9-19)7-5-10/h1-7,19H,8-9H2,(H,18,20). The van der Waals surface area contributed by atoms with Crippen LogP contribution in [0.25, 0.3) is 0 Å². The van der Waals surface area contributed by atoms with Crippen LogP contribution in [0, 0.1) is 11.6 Å². The molecular weight excluding hydrogens is 264 g/mol. The molecular formula is C15H13F2NO2. The van der Waals surface area contributed by atoms with E-state index in [1.54, 1.807) is 24.3 Å². The van der Waals surface area contributed by atoms with E-state index >= 15 is 0 Å². The van der Waals surface area contributed by atoms with E-state index < -0.39 is 23.1 Å². The molecule has 0 unspecified atom stereocenters. The Balaban J connectivity index is 2.05. The van der Waals surface area contributed by atoms with Crippen LogP contribution in [0.3, 0.4) is 0 Å². The molecule has 0 aliphatic rings. The number of aliphatic hydroxyl groups is 1. The number of hydrogen-bond donors (Lipinski definition) is 2. The first-order valence-electron chi connectivity index (χ1n) is 6.02. The molecule has 0 aromatic heterocycles. The predicted molar refractivity (Wildman–Crippen MR) is 69.9 cm³/mol. The van der Waals surface area contributed by atoms with Crippen molar-refractivity contribution in [1.29, 1.82) is 0 Å². The van der Waals surface area contributed by atoms with Gasteiger partial charge < -0.3 is 10.4 Å². The smallest absolute Gasteiger partial charge is 0.257 e. The number of carbonyl (C=O) groups is 1. The Morgan fingerprint density at radius 2 is 1.55 bits per heavy atom. The van der Waals surface area contributed by atoms with Crippen LogP contribution in [0.15, 0.2) is 42.5 Å². The zero-order valence-electron chi connectivity index (χ0n) is 10.6. The maximum Gasteiger partial charge on any atom is 0.257 e. The van der Waals surface area contributed by atoms with Crippen molar-refractivity contribution >= 4 is 5.91 Å². The lowest BCUT2D eigenvalue weighted by atomic mass is 10.1. The largest absolute Gasteiger partial charge is 0.392 e. The number of hydrogen-bond acceptors (Lipinski definition) is 2. The molecule has 0 saturated heterocycles. The third-order valence-electron chi connectivity index (χ3n) is 2.85. The lowest BCUT2D eigenvalue weighted by Crippen LogP contribution is -2.25. The minimum Gasteiger partial charge on any atom is -0.392 e. The highest BCUT2D eigenvalue weighted by Crippen LogP contribution is 2.12. The highest BCUT2D eigenvalue weighted by molar-refractivity contribution is 5.94. The monoisotopic (exact) mass is 277 g/mol. The molecule has 2 aromatic rings. The van der Waals surface area contributed by atoms with E-state index in [1.165, 1.54) is 6.07 Å². The van der Waals surface area contributed by atoms with E-state index in [9.17, 15) is 13.6 Å². The summed E-state index contributed by atoms with van der Waals surface area (Å²) in [5.74, 6) is -2.58. The molecule has 0 heterocycles. The molecule has 3 nitrogen and oxygen atoms in total. The number of carbonyl (C=O) groups excluding carboxylic acids is 1. The molecule has 2 aromatic carbocycles. The first-order valence-corrected chi connectivity index (χ1v) is 6.02. The van der Waals surface area contributed by atoms with Crippen molar-refractivity contribution in [3.05, 3.63) is 70.8 Å². The molecule has 0 radical (unpaired) electrons. The Bertz CT molecular complexity index is 592. The quantitative estimate of drug-likeness (QED) is 0.901. The van der Waals surface area contributed by atoms with Crippen molar-refractivity contribution < 1.29 is 18.7 Å². The van der Waals surface area contributed by atoms with Crippen LogP contribution in [0.4, 0.5) is 8.78 Å². The van der Waals surface area contributed by atoms with E-state index in [-0.39, 0.29) is 13.2 Å². The van der Waals surface area contributed by atoms with Gasteiger partial charge in [0.25, 0.3) is 5.91 Å². The topological polar surface area (TPSA) is 49.3 Å². The summed E-state index contributed by atoms with van der Waals surface area (Å²) in [7, 11) is 0. The third-order valence-corrected chi connectivity index (χ3v) is 2.85. The second kappa shape index (κ2) is 6.25. The Hall–Kier alpha value is -2.27. The molecule has 1 amide bonds. The van der Waals surface area contributed by atoms with Gasteiger partial charge in [-0.1, -0.05) is 30.3 Å². The van der Waals surface area contributed by atoms with Gasteiger partial charge in [-0.15, -0.1) is 0 Å². The molecule has 0 bridgehead atoms. The van der Waals surface area contributed by atoms with E-state index in [2.05, 4.69) is 5.32 Å². The van der Waals surface area contributed by atoms with E-state index in [0.717, 1.165) is 23.3 Å². The lowest BCUT2D eigenvalue weighted by molar-refractivity contribution is 0.0942. The van der Waals surface area contributed by atoms with Crippen LogP contribution in [0.2, 0.25) is 0 Å². The summed E-state index contributed by atoms with van der Waals surface area (Å²) in [6, 6.07) is 10.2. The Morgan fingerprint density at radius 1 is 1.00 bits per heavy atom. The first kappa shape index (κ1) is 14.1. The summed E-state index contributed by atoms with van der Waals surface area (Å²) in [4.78, 5) is 11.8. The number of benzene rings is 2. The van der Waals surface area contributed by atoms with Crippen LogP contribution in [-0.4, -0.2) is 11.0 Å². The fourth-order valence-corrected chi connectivity index (χ4v) is 1.75. The van der Waals surface area contributed by atoms with Crippen molar-refractivity contribution in [2.24, 2.45) is 0 Å². The van der Waals surface area contributed by atoms with Gasteiger partial charge >= 0.3 is 0 Å². The van der Waals surface area contributed by atoms with Crippen molar-refractivity contribution in [1.82, 2.24) is 5.32 Å². The highest BCUT2D eigenvalue weighted by atomic mass is 19.1. The normalized spacial score (nSPS) is 10.3. The van der Waals surface area contributed by atoms with Gasteiger partial charge in [0.1, 0.15) is 17.2 Å². The fraction of sp³-hybridized carbons (Fsp3) is 0.133. The van der Waals surface area contributed by atoms with Crippen LogP contribution in [-0.2, 0) is 13.2 Å². The summed E-state index contributed by atoms with van der Waals surface area (Å²) < 4.78 is 26.8. The van der Waals surface area contributed by atoms with Crippen molar-refractivity contribution in [3.8, 4) is 0 Å². The van der Waals surface area contributed by atoms with E-state index in [4.69, 9.17) is 5.11 Å². The molecule has 104 valence electrons. The number of aliphatic hydroxyl groups excluding tert-OH is 1. The van der Waals surface area contributed by atoms with Gasteiger partial charge in [-0.05, 0) is 23.3 Å². The molecule has 2 rings (SSSR count). The molecule has 20 heavy (non-hydrogen) atoms. The predicted octanol–water partition coefficient (Wildman–Crippen LogP) is 2.39. The van der Waals surface area contributed by atoms with Crippen molar-refractivity contribution in [2.45, 2.75) is 13.2 Å². The zero-order valence-corrected chi connectivity index (χ0v) is 10.6. The SMILES string of the molecule is O=C(NCc1ccc(CO)cc1)c1c(F)cccc1F. The molecule has 0 spiro atoms. The third kappa shape index (κ3) is 3.19. The summed E-state index contributed by atoms with van der Waals surface area (Å²) in [6.45, 7) is 0.0887. The number of halogens is 2. The lowest BCUT2D eigenvalue weighted by Gasteiger charge is -2.07. The van der Waals surface area contributed by atoms with E-state index in [0.29, 0.717) is 0 Å². The summed E-state index contributed by atoms with van der Waals surface area (Å²) in [6.07, 6.45) is 0. The van der Waals surface area contributed by atoms with Crippen LogP contribution >= 0.6 is 0 Å². The maximum atomic E-state index is 13.4. The van der Waals surface area contributed by atoms with Crippen molar-refractivity contribution in [3.63, 3.8) is 0 Å². The summed E-state index contributed by atoms with van der Waals surface area (Å²) in [5, 5.41) is 11.4. The van der Waals surface area contributed by atoms with Gasteiger partial charge in [0.05, 0.1) is 6.61 Å². The molecule has 0 atom stereocenters. The number of rotatable bonds is 4. The second-order valence-electron chi connectivity index (χ2n) is 4.25. The molecule has 0 aliphatic carbocycles. The highest BCUT2D eigenvalue weighted by Gasteiger charge is 2.16. The second-order valence-corrected chi connectivity index (χ2v) is 4.25. The Labute approximate surface area is 114 Å². The van der Waals surface area contributed by atoms with Gasteiger partial charge in [0.15, 0.2) is 0 Å². The molecule has 0 saturated carbocycles. The summed E-state index contributed by atoms with van der Waals surface area (Å²) >= 11 is 0. The van der Waals surface area contributed by atoms with Crippen molar-refractivity contribution in [2.75, 3.05) is 0 Å². The van der Waals surface area contributed by atoms with E-state index in [1.807, 2.05) is 0 Å². The Morgan fingerprint density at radius 3 is 2.10 bits per heavy atom. The van der Waals surface area contributed by atoms with Gasteiger partial charge in [0.2, 0.25) is 0 Å². The molecule has 0 fully saturated rings. The van der Waals surface area contributed by atoms with Gasteiger partial charge in [0, 0.05) is 6.54 Å². The van der Waals surface area contributed by atoms with Gasteiger partial charge in [-0.25, -0.2) is 8.78 Å². The Kier molecular flexibility index (Phi) is 4.42. The van der Waals surface area contributed by atoms with Gasteiger partial charge in [-0.2, -0.15) is 0 Å². The molecule has 2 N–H and O–H groups in total. The molecule has 0 aliphatic heterocycles. The average Bonchev–Trinajstić information content (AvgIpc) is 2.45. The van der Waals surface area contributed by atoms with Crippen LogP contribution in [0.1, 0.15) is 21.5 Å². The number of nitrogens with one attached hydrogen (secondary N) is 1. The fourth-order valence-electron chi connectivity index (χ4n) is 1.75.